The Morgan fingerprint density at radius 3 is 2.86 bits per heavy atom. The molecule has 0 aliphatic carbocycles. The maximum Gasteiger partial charge on any atom is 0.276 e. The monoisotopic (exact) mass is 336 g/mol. The van der Waals surface area contributed by atoms with E-state index in [9.17, 15) is 0 Å². The van der Waals surface area contributed by atoms with Crippen LogP contribution in [0.15, 0.2) is 50.7 Å². The largest absolute Gasteiger partial charge is 0.491 e. The van der Waals surface area contributed by atoms with Gasteiger partial charge in [-0.1, -0.05) is 35.5 Å². The third kappa shape index (κ3) is 3.45. The molecule has 0 radical (unpaired) electrons. The van der Waals surface area contributed by atoms with Crippen molar-refractivity contribution >= 4 is 23.4 Å². The first-order chi connectivity index (χ1) is 10.7. The molecule has 0 aliphatic heterocycles. The maximum atomic E-state index is 6.01. The summed E-state index contributed by atoms with van der Waals surface area (Å²) in [4.78, 5) is 0. The van der Waals surface area contributed by atoms with E-state index in [1.165, 1.54) is 11.8 Å². The van der Waals surface area contributed by atoms with Crippen LogP contribution < -0.4 is 4.74 Å². The fraction of sp³-hybridized carbons (Fsp3) is 0.200. The predicted octanol–water partition coefficient (Wildman–Crippen LogP) is 4.46. The number of halogens is 1. The molecule has 0 saturated heterocycles. The second kappa shape index (κ2) is 6.89. The first-order valence-corrected chi connectivity index (χ1v) is 7.98. The van der Waals surface area contributed by atoms with Gasteiger partial charge in [0.15, 0.2) is 0 Å². The summed E-state index contributed by atoms with van der Waals surface area (Å²) in [6.07, 6.45) is 1.60. The van der Waals surface area contributed by atoms with E-state index in [-0.39, 0.29) is 0 Å². The molecule has 0 N–H and O–H groups in total. The molecule has 2 aromatic heterocycles. The molecule has 0 spiro atoms. The lowest BCUT2D eigenvalue weighted by molar-refractivity contribution is 0.343. The Morgan fingerprint density at radius 2 is 2.09 bits per heavy atom. The molecule has 0 bridgehead atoms. The van der Waals surface area contributed by atoms with Crippen LogP contribution in [0.4, 0.5) is 0 Å². The molecule has 0 fully saturated rings. The van der Waals surface area contributed by atoms with Gasteiger partial charge in [-0.05, 0) is 25.1 Å². The van der Waals surface area contributed by atoms with Gasteiger partial charge in [0.05, 0.1) is 23.5 Å². The van der Waals surface area contributed by atoms with Gasteiger partial charge in [-0.25, -0.2) is 0 Å². The molecular formula is C15H13ClN2O3S. The summed E-state index contributed by atoms with van der Waals surface area (Å²) >= 11 is 7.44. The van der Waals surface area contributed by atoms with Crippen LogP contribution in [0.5, 0.6) is 5.75 Å². The predicted molar refractivity (Wildman–Crippen MR) is 84.4 cm³/mol. The first kappa shape index (κ1) is 15.0. The maximum absolute atomic E-state index is 6.01. The topological polar surface area (TPSA) is 61.3 Å². The molecule has 3 aromatic rings. The SMILES string of the molecule is Cc1occc1-c1nnc(SCCOc2ccccc2Cl)o1. The second-order valence-electron chi connectivity index (χ2n) is 4.39. The summed E-state index contributed by atoms with van der Waals surface area (Å²) in [7, 11) is 0. The Labute approximate surface area is 136 Å². The highest BCUT2D eigenvalue weighted by atomic mass is 35.5. The van der Waals surface area contributed by atoms with Gasteiger partial charge in [0.1, 0.15) is 11.5 Å². The van der Waals surface area contributed by atoms with Crippen molar-refractivity contribution < 1.29 is 13.6 Å². The van der Waals surface area contributed by atoms with Gasteiger partial charge in [-0.2, -0.15) is 0 Å². The highest BCUT2D eigenvalue weighted by Crippen LogP contribution is 2.27. The van der Waals surface area contributed by atoms with Crippen LogP contribution in [0, 0.1) is 6.92 Å². The number of thioether (sulfide) groups is 1. The summed E-state index contributed by atoms with van der Waals surface area (Å²) in [5.41, 5.74) is 0.812. The van der Waals surface area contributed by atoms with Crippen molar-refractivity contribution in [3.05, 3.63) is 47.4 Å². The van der Waals surface area contributed by atoms with Crippen molar-refractivity contribution in [2.45, 2.75) is 12.1 Å². The summed E-state index contributed by atoms with van der Waals surface area (Å²) < 4.78 is 16.4. The van der Waals surface area contributed by atoms with Crippen molar-refractivity contribution in [3.63, 3.8) is 0 Å². The van der Waals surface area contributed by atoms with Gasteiger partial charge in [0.2, 0.25) is 0 Å². The fourth-order valence-electron chi connectivity index (χ4n) is 1.83. The van der Waals surface area contributed by atoms with E-state index < -0.39 is 0 Å². The van der Waals surface area contributed by atoms with Gasteiger partial charge < -0.3 is 13.6 Å². The van der Waals surface area contributed by atoms with Crippen LogP contribution >= 0.6 is 23.4 Å². The summed E-state index contributed by atoms with van der Waals surface area (Å²) in [6.45, 7) is 2.35. The van der Waals surface area contributed by atoms with Gasteiger partial charge in [0.25, 0.3) is 11.1 Å². The van der Waals surface area contributed by atoms with E-state index in [0.29, 0.717) is 34.2 Å². The zero-order valence-electron chi connectivity index (χ0n) is 11.8. The lowest BCUT2D eigenvalue weighted by Crippen LogP contribution is -2.00. The van der Waals surface area contributed by atoms with Crippen LogP contribution in [0.1, 0.15) is 5.76 Å². The van der Waals surface area contributed by atoms with Crippen molar-refractivity contribution in [1.29, 1.82) is 0 Å². The third-order valence-electron chi connectivity index (χ3n) is 2.90. The van der Waals surface area contributed by atoms with E-state index in [4.69, 9.17) is 25.2 Å². The number of para-hydroxylation sites is 1. The van der Waals surface area contributed by atoms with Crippen LogP contribution in [0.25, 0.3) is 11.5 Å². The number of furan rings is 1. The Balaban J connectivity index is 1.52. The highest BCUT2D eigenvalue weighted by Gasteiger charge is 2.13. The highest BCUT2D eigenvalue weighted by molar-refractivity contribution is 7.99. The number of rotatable bonds is 6. The van der Waals surface area contributed by atoms with E-state index in [2.05, 4.69) is 10.2 Å². The number of hydrogen-bond acceptors (Lipinski definition) is 6. The second-order valence-corrected chi connectivity index (χ2v) is 5.84. The summed E-state index contributed by atoms with van der Waals surface area (Å²) in [5, 5.41) is 9.11. The number of hydrogen-bond donors (Lipinski definition) is 0. The summed E-state index contributed by atoms with van der Waals surface area (Å²) in [6, 6.07) is 9.17. The smallest absolute Gasteiger partial charge is 0.276 e. The Hall–Kier alpha value is -1.92. The van der Waals surface area contributed by atoms with Crippen molar-refractivity contribution in [1.82, 2.24) is 10.2 Å². The molecule has 0 saturated carbocycles. The lowest BCUT2D eigenvalue weighted by atomic mass is 10.3. The average Bonchev–Trinajstić information content (AvgIpc) is 3.14. The van der Waals surface area contributed by atoms with Gasteiger partial charge >= 0.3 is 0 Å². The van der Waals surface area contributed by atoms with E-state index in [0.717, 1.165) is 11.3 Å². The molecule has 114 valence electrons. The molecule has 0 aliphatic rings. The minimum atomic E-state index is 0.459. The van der Waals surface area contributed by atoms with Crippen molar-refractivity contribution in [2.75, 3.05) is 12.4 Å². The molecule has 0 amide bonds. The number of aryl methyl sites for hydroxylation is 1. The molecule has 0 atom stereocenters. The molecular weight excluding hydrogens is 324 g/mol. The quantitative estimate of drug-likeness (QED) is 0.489. The Kier molecular flexibility index (Phi) is 4.70. The summed E-state index contributed by atoms with van der Waals surface area (Å²) in [5.74, 6) is 2.56. The van der Waals surface area contributed by atoms with Gasteiger partial charge in [-0.3, -0.25) is 0 Å². The molecule has 7 heteroatoms. The normalized spacial score (nSPS) is 10.8. The molecule has 1 aromatic carbocycles. The number of aromatic nitrogens is 2. The first-order valence-electron chi connectivity index (χ1n) is 6.62. The average molecular weight is 337 g/mol. The molecule has 22 heavy (non-hydrogen) atoms. The van der Waals surface area contributed by atoms with Crippen LogP contribution in [0.3, 0.4) is 0 Å². The Morgan fingerprint density at radius 1 is 1.23 bits per heavy atom. The van der Waals surface area contributed by atoms with Crippen molar-refractivity contribution in [2.24, 2.45) is 0 Å². The molecule has 0 unspecified atom stereocenters. The number of benzene rings is 1. The van der Waals surface area contributed by atoms with Crippen LogP contribution in [-0.4, -0.2) is 22.6 Å². The number of ether oxygens (including phenoxy) is 1. The van der Waals surface area contributed by atoms with Crippen molar-refractivity contribution in [3.8, 4) is 17.2 Å². The lowest BCUT2D eigenvalue weighted by Gasteiger charge is -2.06. The number of nitrogens with zero attached hydrogens (tertiary/aromatic N) is 2. The van der Waals surface area contributed by atoms with E-state index >= 15 is 0 Å². The van der Waals surface area contributed by atoms with Gasteiger partial charge in [-0.15, -0.1) is 10.2 Å². The standard InChI is InChI=1S/C15H13ClN2O3S/c1-10-11(6-7-19-10)14-17-18-15(21-14)22-9-8-20-13-5-3-2-4-12(13)16/h2-7H,8-9H2,1H3. The van der Waals surface area contributed by atoms with E-state index in [1.54, 1.807) is 18.4 Å². The van der Waals surface area contributed by atoms with E-state index in [1.807, 2.05) is 25.1 Å². The fourth-order valence-corrected chi connectivity index (χ4v) is 2.59. The molecule has 5 nitrogen and oxygen atoms in total. The Bertz CT molecular complexity index is 757. The zero-order chi connectivity index (χ0) is 15.4. The van der Waals surface area contributed by atoms with Gasteiger partial charge in [0, 0.05) is 5.75 Å². The van der Waals surface area contributed by atoms with Crippen LogP contribution in [-0.2, 0) is 0 Å². The minimum absolute atomic E-state index is 0.459. The minimum Gasteiger partial charge on any atom is -0.491 e. The zero-order valence-corrected chi connectivity index (χ0v) is 13.4. The van der Waals surface area contributed by atoms with Crippen LogP contribution in [0.2, 0.25) is 5.02 Å². The molecule has 2 heterocycles. The third-order valence-corrected chi connectivity index (χ3v) is 3.99. The molecule has 3 rings (SSSR count).